The number of hydrogen-bond donors (Lipinski definition) is 1. The van der Waals surface area contributed by atoms with Gasteiger partial charge in [0.05, 0.1) is 17.4 Å². The quantitative estimate of drug-likeness (QED) is 0.909. The van der Waals surface area contributed by atoms with Crippen LogP contribution in [0.2, 0.25) is 0 Å². The number of rotatable bonds is 4. The van der Waals surface area contributed by atoms with Crippen LogP contribution in [0.1, 0.15) is 30.1 Å². The lowest BCUT2D eigenvalue weighted by Gasteiger charge is -2.35. The first-order valence-electron chi connectivity index (χ1n) is 7.27. The molecule has 0 radical (unpaired) electrons. The van der Waals surface area contributed by atoms with Crippen molar-refractivity contribution in [1.82, 2.24) is 14.8 Å². The van der Waals surface area contributed by atoms with Gasteiger partial charge in [-0.25, -0.2) is 0 Å². The smallest absolute Gasteiger partial charge is 0.256 e. The summed E-state index contributed by atoms with van der Waals surface area (Å²) in [6.07, 6.45) is 5.49. The largest absolute Gasteiger partial charge is 0.383 e. The monoisotopic (exact) mass is 276 g/mol. The van der Waals surface area contributed by atoms with E-state index in [9.17, 15) is 4.79 Å². The molecule has 1 saturated heterocycles. The molecular formula is C15H24N4O. The molecule has 0 atom stereocenters. The predicted molar refractivity (Wildman–Crippen MR) is 81.0 cm³/mol. The molecule has 0 bridgehead atoms. The summed E-state index contributed by atoms with van der Waals surface area (Å²) in [7, 11) is 4.21. The van der Waals surface area contributed by atoms with Crippen LogP contribution in [0.25, 0.3) is 0 Å². The standard InChI is InChI=1S/C15H24N4O/c1-4-17-14-11-16-8-5-13(14)15(20)19-9-6-12(7-10-19)18(2)3/h5,8,11-12,17H,4,6-7,9-10H2,1-3H3. The fraction of sp³-hybridized carbons (Fsp3) is 0.600. The van der Waals surface area contributed by atoms with Crippen molar-refractivity contribution in [2.75, 3.05) is 39.0 Å². The van der Waals surface area contributed by atoms with E-state index in [4.69, 9.17) is 0 Å². The van der Waals surface area contributed by atoms with E-state index in [0.29, 0.717) is 6.04 Å². The summed E-state index contributed by atoms with van der Waals surface area (Å²) in [5.74, 6) is 0.112. The molecule has 0 aliphatic carbocycles. The zero-order valence-electron chi connectivity index (χ0n) is 12.6. The minimum absolute atomic E-state index is 0.112. The number of likely N-dealkylation sites (tertiary alicyclic amines) is 1. The molecule has 5 nitrogen and oxygen atoms in total. The molecule has 1 aliphatic heterocycles. The number of hydrogen-bond acceptors (Lipinski definition) is 4. The highest BCUT2D eigenvalue weighted by atomic mass is 16.2. The van der Waals surface area contributed by atoms with Gasteiger partial charge in [0.15, 0.2) is 0 Å². The third-order valence-electron chi connectivity index (χ3n) is 3.90. The van der Waals surface area contributed by atoms with Crippen molar-refractivity contribution in [3.05, 3.63) is 24.0 Å². The fourth-order valence-corrected chi connectivity index (χ4v) is 2.67. The van der Waals surface area contributed by atoms with Crippen molar-refractivity contribution in [2.45, 2.75) is 25.8 Å². The Bertz CT molecular complexity index is 453. The molecule has 1 N–H and O–H groups in total. The van der Waals surface area contributed by atoms with Crippen LogP contribution in [0.15, 0.2) is 18.5 Å². The molecule has 1 amide bonds. The first-order valence-corrected chi connectivity index (χ1v) is 7.27. The second-order valence-electron chi connectivity index (χ2n) is 5.44. The second kappa shape index (κ2) is 6.70. The Hall–Kier alpha value is -1.62. The Morgan fingerprint density at radius 2 is 2.15 bits per heavy atom. The molecule has 0 saturated carbocycles. The number of nitrogens with zero attached hydrogens (tertiary/aromatic N) is 3. The van der Waals surface area contributed by atoms with Gasteiger partial charge in [-0.2, -0.15) is 0 Å². The molecule has 20 heavy (non-hydrogen) atoms. The van der Waals surface area contributed by atoms with Gasteiger partial charge in [0.2, 0.25) is 0 Å². The van der Waals surface area contributed by atoms with Crippen LogP contribution in [-0.4, -0.2) is 60.5 Å². The molecule has 1 aromatic heterocycles. The van der Waals surface area contributed by atoms with Gasteiger partial charge < -0.3 is 15.1 Å². The van der Waals surface area contributed by atoms with E-state index in [1.54, 1.807) is 18.5 Å². The van der Waals surface area contributed by atoms with E-state index in [2.05, 4.69) is 29.3 Å². The van der Waals surface area contributed by atoms with E-state index in [1.165, 1.54) is 0 Å². The van der Waals surface area contributed by atoms with Gasteiger partial charge in [-0.05, 0) is 39.9 Å². The van der Waals surface area contributed by atoms with Gasteiger partial charge in [0.1, 0.15) is 0 Å². The van der Waals surface area contributed by atoms with Crippen molar-refractivity contribution in [1.29, 1.82) is 0 Å². The Kier molecular flexibility index (Phi) is 4.95. The Balaban J connectivity index is 2.05. The van der Waals surface area contributed by atoms with Crippen molar-refractivity contribution in [3.8, 4) is 0 Å². The van der Waals surface area contributed by atoms with Crippen LogP contribution >= 0.6 is 0 Å². The summed E-state index contributed by atoms with van der Waals surface area (Å²) in [4.78, 5) is 20.9. The molecule has 0 aromatic carbocycles. The summed E-state index contributed by atoms with van der Waals surface area (Å²) in [5, 5.41) is 3.20. The van der Waals surface area contributed by atoms with Crippen molar-refractivity contribution in [3.63, 3.8) is 0 Å². The highest BCUT2D eigenvalue weighted by Crippen LogP contribution is 2.20. The third-order valence-corrected chi connectivity index (χ3v) is 3.90. The summed E-state index contributed by atoms with van der Waals surface area (Å²) in [6.45, 7) is 4.46. The summed E-state index contributed by atoms with van der Waals surface area (Å²) < 4.78 is 0. The first-order chi connectivity index (χ1) is 9.63. The maximum atomic E-state index is 12.6. The van der Waals surface area contributed by atoms with Crippen LogP contribution in [0.5, 0.6) is 0 Å². The molecule has 110 valence electrons. The average molecular weight is 276 g/mol. The number of amides is 1. The van der Waals surface area contributed by atoms with Gasteiger partial charge in [-0.1, -0.05) is 0 Å². The molecule has 0 unspecified atom stereocenters. The highest BCUT2D eigenvalue weighted by molar-refractivity contribution is 5.99. The summed E-state index contributed by atoms with van der Waals surface area (Å²) >= 11 is 0. The van der Waals surface area contributed by atoms with Crippen LogP contribution in [-0.2, 0) is 0 Å². The molecule has 5 heteroatoms. The number of nitrogens with one attached hydrogen (secondary N) is 1. The van der Waals surface area contributed by atoms with Gasteiger partial charge in [-0.15, -0.1) is 0 Å². The van der Waals surface area contributed by atoms with Gasteiger partial charge >= 0.3 is 0 Å². The van der Waals surface area contributed by atoms with E-state index in [-0.39, 0.29) is 5.91 Å². The molecule has 1 aliphatic rings. The van der Waals surface area contributed by atoms with Crippen molar-refractivity contribution in [2.24, 2.45) is 0 Å². The zero-order valence-corrected chi connectivity index (χ0v) is 12.6. The lowest BCUT2D eigenvalue weighted by atomic mass is 10.0. The Morgan fingerprint density at radius 3 is 2.75 bits per heavy atom. The van der Waals surface area contributed by atoms with Crippen LogP contribution in [0.4, 0.5) is 5.69 Å². The maximum absolute atomic E-state index is 12.6. The van der Waals surface area contributed by atoms with E-state index in [0.717, 1.165) is 43.7 Å². The first kappa shape index (κ1) is 14.8. The van der Waals surface area contributed by atoms with E-state index >= 15 is 0 Å². The van der Waals surface area contributed by atoms with Gasteiger partial charge in [0, 0.05) is 31.9 Å². The van der Waals surface area contributed by atoms with Crippen molar-refractivity contribution < 1.29 is 4.79 Å². The van der Waals surface area contributed by atoms with Crippen LogP contribution in [0.3, 0.4) is 0 Å². The van der Waals surface area contributed by atoms with Gasteiger partial charge in [-0.3, -0.25) is 9.78 Å². The third kappa shape index (κ3) is 3.28. The van der Waals surface area contributed by atoms with E-state index < -0.39 is 0 Å². The minimum atomic E-state index is 0.112. The maximum Gasteiger partial charge on any atom is 0.256 e. The molecule has 2 rings (SSSR count). The fourth-order valence-electron chi connectivity index (χ4n) is 2.67. The Morgan fingerprint density at radius 1 is 1.45 bits per heavy atom. The van der Waals surface area contributed by atoms with Gasteiger partial charge in [0.25, 0.3) is 5.91 Å². The average Bonchev–Trinajstić information content (AvgIpc) is 2.47. The Labute approximate surface area is 121 Å². The number of aromatic nitrogens is 1. The summed E-state index contributed by atoms with van der Waals surface area (Å²) in [5.41, 5.74) is 1.56. The number of carbonyl (C=O) groups excluding carboxylic acids is 1. The molecule has 2 heterocycles. The second-order valence-corrected chi connectivity index (χ2v) is 5.44. The lowest BCUT2D eigenvalue weighted by molar-refractivity contribution is 0.0664. The number of pyridine rings is 1. The number of piperidine rings is 1. The minimum Gasteiger partial charge on any atom is -0.383 e. The lowest BCUT2D eigenvalue weighted by Crippen LogP contribution is -2.44. The van der Waals surface area contributed by atoms with Crippen LogP contribution < -0.4 is 5.32 Å². The van der Waals surface area contributed by atoms with Crippen LogP contribution in [0, 0.1) is 0 Å². The normalized spacial score (nSPS) is 16.5. The van der Waals surface area contributed by atoms with Crippen molar-refractivity contribution >= 4 is 11.6 Å². The topological polar surface area (TPSA) is 48.5 Å². The zero-order chi connectivity index (χ0) is 14.5. The predicted octanol–water partition coefficient (Wildman–Crippen LogP) is 1.68. The molecular weight excluding hydrogens is 252 g/mol. The molecule has 0 spiro atoms. The number of carbonyl (C=O) groups is 1. The SMILES string of the molecule is CCNc1cnccc1C(=O)N1CCC(N(C)C)CC1. The van der Waals surface area contributed by atoms with E-state index in [1.807, 2.05) is 11.8 Å². The number of anilines is 1. The molecule has 1 fully saturated rings. The summed E-state index contributed by atoms with van der Waals surface area (Å²) in [6, 6.07) is 2.39. The highest BCUT2D eigenvalue weighted by Gasteiger charge is 2.25. The molecule has 1 aromatic rings.